The number of carbonyl (C=O) groups excluding carboxylic acids is 1. The molecule has 1 atom stereocenters. The van der Waals surface area contributed by atoms with E-state index in [1.807, 2.05) is 6.92 Å². The number of nitrogens with one attached hydrogen (secondary N) is 2. The molecule has 1 fully saturated rings. The fraction of sp³-hybridized carbons (Fsp3) is 0.667. The number of nitrogens with zero attached hydrogens (tertiary/aromatic N) is 2. The Bertz CT molecular complexity index is 438. The van der Waals surface area contributed by atoms with Crippen molar-refractivity contribution >= 4 is 11.9 Å². The van der Waals surface area contributed by atoms with Gasteiger partial charge >= 0.3 is 5.97 Å². The number of hydrogen-bond donors (Lipinski definition) is 3. The van der Waals surface area contributed by atoms with Gasteiger partial charge in [-0.25, -0.2) is 4.98 Å². The minimum atomic E-state index is -0.756. The Kier molecular flexibility index (Phi) is 4.13. The lowest BCUT2D eigenvalue weighted by molar-refractivity contribution is -0.144. The maximum absolute atomic E-state index is 12.1. The molecule has 2 rings (SSSR count). The van der Waals surface area contributed by atoms with E-state index in [0.717, 1.165) is 0 Å². The summed E-state index contributed by atoms with van der Waals surface area (Å²) in [6.07, 6.45) is 3.81. The van der Waals surface area contributed by atoms with Crippen LogP contribution in [0.5, 0.6) is 0 Å². The molecule has 1 aromatic heterocycles. The first-order chi connectivity index (χ1) is 9.08. The molecule has 19 heavy (non-hydrogen) atoms. The van der Waals surface area contributed by atoms with Gasteiger partial charge in [-0.3, -0.25) is 14.7 Å². The standard InChI is InChI=1S/C12H18N4O3/c1-7(10-13-6-14-16-10)15-11(17)8-2-4-9(5-3-8)12(18)19/h6-9H,2-5H2,1H3,(H,15,17)(H,18,19)(H,13,14,16). The monoisotopic (exact) mass is 266 g/mol. The van der Waals surface area contributed by atoms with Crippen LogP contribution in [0.3, 0.4) is 0 Å². The van der Waals surface area contributed by atoms with Crippen LogP contribution < -0.4 is 5.32 Å². The second-order valence-corrected chi connectivity index (χ2v) is 4.99. The number of amides is 1. The maximum Gasteiger partial charge on any atom is 0.306 e. The van der Waals surface area contributed by atoms with Gasteiger partial charge in [-0.05, 0) is 32.6 Å². The van der Waals surface area contributed by atoms with Gasteiger partial charge in [-0.2, -0.15) is 5.10 Å². The van der Waals surface area contributed by atoms with E-state index in [4.69, 9.17) is 5.11 Å². The molecule has 104 valence electrons. The van der Waals surface area contributed by atoms with Crippen LogP contribution in [0.25, 0.3) is 0 Å². The first kappa shape index (κ1) is 13.5. The lowest BCUT2D eigenvalue weighted by Gasteiger charge is -2.26. The number of aromatic amines is 1. The van der Waals surface area contributed by atoms with Gasteiger partial charge in [0.15, 0.2) is 0 Å². The van der Waals surface area contributed by atoms with Gasteiger partial charge in [0, 0.05) is 5.92 Å². The summed E-state index contributed by atoms with van der Waals surface area (Å²) in [5, 5.41) is 18.2. The Labute approximate surface area is 110 Å². The minimum absolute atomic E-state index is 0.0345. The number of carboxylic acids is 1. The molecule has 0 bridgehead atoms. The van der Waals surface area contributed by atoms with Crippen LogP contribution in [0.2, 0.25) is 0 Å². The highest BCUT2D eigenvalue weighted by atomic mass is 16.4. The molecular formula is C12H18N4O3. The summed E-state index contributed by atoms with van der Waals surface area (Å²) in [5.41, 5.74) is 0. The van der Waals surface area contributed by atoms with E-state index < -0.39 is 5.97 Å². The lowest BCUT2D eigenvalue weighted by atomic mass is 9.81. The van der Waals surface area contributed by atoms with Crippen LogP contribution in [-0.2, 0) is 9.59 Å². The van der Waals surface area contributed by atoms with E-state index in [-0.39, 0.29) is 23.8 Å². The molecule has 0 aromatic carbocycles. The van der Waals surface area contributed by atoms with Crippen LogP contribution in [-0.4, -0.2) is 32.2 Å². The molecule has 1 saturated carbocycles. The average Bonchev–Trinajstić information content (AvgIpc) is 2.92. The highest BCUT2D eigenvalue weighted by Crippen LogP contribution is 2.29. The Morgan fingerprint density at radius 2 is 2.00 bits per heavy atom. The largest absolute Gasteiger partial charge is 0.481 e. The number of carbonyl (C=O) groups is 2. The third kappa shape index (κ3) is 3.30. The Morgan fingerprint density at radius 3 is 2.53 bits per heavy atom. The molecule has 1 amide bonds. The Morgan fingerprint density at radius 1 is 1.37 bits per heavy atom. The number of aliphatic carboxylic acids is 1. The van der Waals surface area contributed by atoms with Crippen LogP contribution in [0, 0.1) is 11.8 Å². The molecule has 1 aromatic rings. The SMILES string of the molecule is CC(NC(=O)C1CCC(C(=O)O)CC1)c1ncn[nH]1. The van der Waals surface area contributed by atoms with E-state index in [9.17, 15) is 9.59 Å². The molecule has 0 spiro atoms. The van der Waals surface area contributed by atoms with Gasteiger partial charge in [0.1, 0.15) is 12.2 Å². The molecule has 0 radical (unpaired) electrons. The molecule has 1 unspecified atom stereocenters. The van der Waals surface area contributed by atoms with Crippen molar-refractivity contribution in [2.24, 2.45) is 11.8 Å². The summed E-state index contributed by atoms with van der Waals surface area (Å²) < 4.78 is 0. The van der Waals surface area contributed by atoms with Crippen LogP contribution in [0.15, 0.2) is 6.33 Å². The summed E-state index contributed by atoms with van der Waals surface area (Å²) in [6, 6.07) is -0.216. The van der Waals surface area contributed by atoms with Crippen molar-refractivity contribution in [2.45, 2.75) is 38.6 Å². The molecule has 0 aliphatic heterocycles. The van der Waals surface area contributed by atoms with E-state index in [1.165, 1.54) is 6.33 Å². The zero-order valence-corrected chi connectivity index (χ0v) is 10.8. The fourth-order valence-corrected chi connectivity index (χ4v) is 2.43. The van der Waals surface area contributed by atoms with Crippen LogP contribution >= 0.6 is 0 Å². The van der Waals surface area contributed by atoms with Gasteiger partial charge < -0.3 is 10.4 Å². The Balaban J connectivity index is 1.83. The molecular weight excluding hydrogens is 248 g/mol. The topological polar surface area (TPSA) is 108 Å². The molecule has 0 saturated heterocycles. The summed E-state index contributed by atoms with van der Waals surface area (Å²) in [6.45, 7) is 1.83. The van der Waals surface area contributed by atoms with Gasteiger partial charge in [0.05, 0.1) is 12.0 Å². The van der Waals surface area contributed by atoms with Crippen LogP contribution in [0.4, 0.5) is 0 Å². The number of carboxylic acid groups (broad SMARTS) is 1. The van der Waals surface area contributed by atoms with Crippen molar-refractivity contribution in [3.05, 3.63) is 12.2 Å². The van der Waals surface area contributed by atoms with Gasteiger partial charge in [-0.1, -0.05) is 0 Å². The lowest BCUT2D eigenvalue weighted by Crippen LogP contribution is -2.36. The van der Waals surface area contributed by atoms with Gasteiger partial charge in [-0.15, -0.1) is 0 Å². The minimum Gasteiger partial charge on any atom is -0.481 e. The van der Waals surface area contributed by atoms with Gasteiger partial charge in [0.25, 0.3) is 0 Å². The number of H-pyrrole nitrogens is 1. The quantitative estimate of drug-likeness (QED) is 0.749. The summed E-state index contributed by atoms with van der Waals surface area (Å²) in [5.74, 6) is -0.564. The molecule has 1 aliphatic carbocycles. The predicted octanol–water partition coefficient (Wildman–Crippen LogP) is 0.873. The second kappa shape index (κ2) is 5.81. The second-order valence-electron chi connectivity index (χ2n) is 4.99. The number of aromatic nitrogens is 3. The molecule has 3 N–H and O–H groups in total. The summed E-state index contributed by atoms with van der Waals surface area (Å²) in [4.78, 5) is 26.9. The maximum atomic E-state index is 12.1. The number of hydrogen-bond acceptors (Lipinski definition) is 4. The van der Waals surface area contributed by atoms with Crippen molar-refractivity contribution < 1.29 is 14.7 Å². The predicted molar refractivity (Wildman–Crippen MR) is 66.0 cm³/mol. The number of rotatable bonds is 4. The highest BCUT2D eigenvalue weighted by Gasteiger charge is 2.30. The first-order valence-electron chi connectivity index (χ1n) is 6.46. The smallest absolute Gasteiger partial charge is 0.306 e. The molecule has 1 heterocycles. The molecule has 1 aliphatic rings. The third-order valence-electron chi connectivity index (χ3n) is 3.65. The van der Waals surface area contributed by atoms with E-state index in [0.29, 0.717) is 31.5 Å². The summed E-state index contributed by atoms with van der Waals surface area (Å²) >= 11 is 0. The molecule has 7 heteroatoms. The van der Waals surface area contributed by atoms with Crippen molar-refractivity contribution in [2.75, 3.05) is 0 Å². The van der Waals surface area contributed by atoms with E-state index in [2.05, 4.69) is 20.5 Å². The zero-order chi connectivity index (χ0) is 13.8. The van der Waals surface area contributed by atoms with E-state index >= 15 is 0 Å². The van der Waals surface area contributed by atoms with Gasteiger partial charge in [0.2, 0.25) is 5.91 Å². The normalized spacial score (nSPS) is 24.7. The van der Waals surface area contributed by atoms with Crippen molar-refractivity contribution in [1.82, 2.24) is 20.5 Å². The third-order valence-corrected chi connectivity index (χ3v) is 3.65. The van der Waals surface area contributed by atoms with Crippen LogP contribution in [0.1, 0.15) is 44.5 Å². The Hall–Kier alpha value is -1.92. The zero-order valence-electron chi connectivity index (χ0n) is 10.8. The average molecular weight is 266 g/mol. The van der Waals surface area contributed by atoms with E-state index in [1.54, 1.807) is 0 Å². The first-order valence-corrected chi connectivity index (χ1v) is 6.46. The fourth-order valence-electron chi connectivity index (χ4n) is 2.43. The van der Waals surface area contributed by atoms with Crippen molar-refractivity contribution in [3.63, 3.8) is 0 Å². The molecule has 7 nitrogen and oxygen atoms in total. The van der Waals surface area contributed by atoms with Crippen molar-refractivity contribution in [3.8, 4) is 0 Å². The summed E-state index contributed by atoms with van der Waals surface area (Å²) in [7, 11) is 0. The highest BCUT2D eigenvalue weighted by molar-refractivity contribution is 5.79. The van der Waals surface area contributed by atoms with Crippen molar-refractivity contribution in [1.29, 1.82) is 0 Å².